The van der Waals surface area contributed by atoms with Gasteiger partial charge >= 0.3 is 0 Å². The minimum absolute atomic E-state index is 0.189. The van der Waals surface area contributed by atoms with Crippen LogP contribution in [0.5, 0.6) is 0 Å². The van der Waals surface area contributed by atoms with Gasteiger partial charge < -0.3 is 15.5 Å². The summed E-state index contributed by atoms with van der Waals surface area (Å²) < 4.78 is 0. The van der Waals surface area contributed by atoms with Crippen molar-refractivity contribution >= 4 is 17.6 Å². The summed E-state index contributed by atoms with van der Waals surface area (Å²) in [5.74, 6) is 1.70. The Hall–Kier alpha value is -1.85. The Balaban J connectivity index is 2.71. The van der Waals surface area contributed by atoms with Crippen LogP contribution in [0.1, 0.15) is 6.42 Å². The van der Waals surface area contributed by atoms with Gasteiger partial charge in [0.2, 0.25) is 5.95 Å². The van der Waals surface area contributed by atoms with Crippen molar-refractivity contribution in [2.75, 3.05) is 37.5 Å². The Morgan fingerprint density at radius 1 is 1.44 bits per heavy atom. The molecule has 0 aromatic carbocycles. The molecule has 0 saturated heterocycles. The predicted octanol–water partition coefficient (Wildman–Crippen LogP) is 0.305. The molecular formula is C10H18N6. The fraction of sp³-hybridized carbons (Fsp3) is 0.500. The van der Waals surface area contributed by atoms with Gasteiger partial charge in [-0.3, -0.25) is 5.41 Å². The van der Waals surface area contributed by atoms with Crippen LogP contribution in [0.25, 0.3) is 0 Å². The summed E-state index contributed by atoms with van der Waals surface area (Å²) in [5, 5.41) is 7.17. The largest absolute Gasteiger partial charge is 0.388 e. The van der Waals surface area contributed by atoms with Gasteiger partial charge in [-0.15, -0.1) is 0 Å². The van der Waals surface area contributed by atoms with E-state index >= 15 is 0 Å². The first kappa shape index (κ1) is 12.2. The van der Waals surface area contributed by atoms with Crippen LogP contribution in [0.2, 0.25) is 0 Å². The van der Waals surface area contributed by atoms with E-state index in [0.29, 0.717) is 18.9 Å². The molecule has 0 fully saturated rings. The molecule has 16 heavy (non-hydrogen) atoms. The fourth-order valence-corrected chi connectivity index (χ4v) is 1.17. The second-order valence-corrected chi connectivity index (χ2v) is 3.81. The molecule has 1 aromatic heterocycles. The van der Waals surface area contributed by atoms with Crippen LogP contribution in [0.4, 0.5) is 11.8 Å². The van der Waals surface area contributed by atoms with E-state index in [1.165, 1.54) is 0 Å². The van der Waals surface area contributed by atoms with Gasteiger partial charge in [-0.1, -0.05) is 0 Å². The molecule has 0 atom stereocenters. The third kappa shape index (κ3) is 3.38. The molecule has 0 aliphatic heterocycles. The van der Waals surface area contributed by atoms with Crippen LogP contribution in [0, 0.1) is 5.41 Å². The number of hydrogen-bond acceptors (Lipinski definition) is 5. The van der Waals surface area contributed by atoms with Crippen LogP contribution in [0.3, 0.4) is 0 Å². The highest BCUT2D eigenvalue weighted by Crippen LogP contribution is 2.11. The molecule has 0 unspecified atom stereocenters. The van der Waals surface area contributed by atoms with E-state index in [2.05, 4.69) is 9.97 Å². The molecule has 88 valence electrons. The van der Waals surface area contributed by atoms with E-state index in [4.69, 9.17) is 11.1 Å². The zero-order valence-electron chi connectivity index (χ0n) is 9.94. The third-order valence-corrected chi connectivity index (χ3v) is 2.14. The lowest BCUT2D eigenvalue weighted by atomic mass is 10.3. The molecule has 6 heteroatoms. The van der Waals surface area contributed by atoms with E-state index in [0.717, 1.165) is 5.82 Å². The zero-order chi connectivity index (χ0) is 12.1. The molecule has 0 bridgehead atoms. The molecule has 6 nitrogen and oxygen atoms in total. The molecule has 1 heterocycles. The number of nitrogens with one attached hydrogen (secondary N) is 1. The monoisotopic (exact) mass is 222 g/mol. The van der Waals surface area contributed by atoms with Crippen molar-refractivity contribution in [2.24, 2.45) is 5.73 Å². The maximum Gasteiger partial charge on any atom is 0.226 e. The zero-order valence-corrected chi connectivity index (χ0v) is 9.94. The molecule has 1 rings (SSSR count). The highest BCUT2D eigenvalue weighted by Gasteiger charge is 2.05. The summed E-state index contributed by atoms with van der Waals surface area (Å²) in [7, 11) is 5.72. The lowest BCUT2D eigenvalue weighted by Crippen LogP contribution is -2.25. The van der Waals surface area contributed by atoms with Crippen molar-refractivity contribution in [3.05, 3.63) is 12.3 Å². The highest BCUT2D eigenvalue weighted by molar-refractivity contribution is 5.77. The smallest absolute Gasteiger partial charge is 0.226 e. The van der Waals surface area contributed by atoms with Gasteiger partial charge in [0.1, 0.15) is 5.82 Å². The minimum atomic E-state index is 0.189. The van der Waals surface area contributed by atoms with Crippen LogP contribution in [-0.4, -0.2) is 43.5 Å². The van der Waals surface area contributed by atoms with Gasteiger partial charge in [0.05, 0.1) is 5.84 Å². The van der Waals surface area contributed by atoms with Crippen LogP contribution < -0.4 is 15.5 Å². The van der Waals surface area contributed by atoms with Gasteiger partial charge in [0, 0.05) is 40.3 Å². The van der Waals surface area contributed by atoms with Crippen molar-refractivity contribution in [3.8, 4) is 0 Å². The molecule has 0 aliphatic rings. The van der Waals surface area contributed by atoms with E-state index in [1.807, 2.05) is 37.0 Å². The van der Waals surface area contributed by atoms with Gasteiger partial charge in [0.25, 0.3) is 0 Å². The summed E-state index contributed by atoms with van der Waals surface area (Å²) in [5.41, 5.74) is 5.31. The first-order chi connectivity index (χ1) is 7.50. The number of aromatic nitrogens is 2. The summed E-state index contributed by atoms with van der Waals surface area (Å²) in [6.07, 6.45) is 2.26. The van der Waals surface area contributed by atoms with Crippen molar-refractivity contribution in [1.29, 1.82) is 5.41 Å². The van der Waals surface area contributed by atoms with Crippen LogP contribution in [-0.2, 0) is 0 Å². The lowest BCUT2D eigenvalue weighted by molar-refractivity contribution is 0.876. The van der Waals surface area contributed by atoms with E-state index in [1.54, 1.807) is 6.20 Å². The van der Waals surface area contributed by atoms with Crippen molar-refractivity contribution in [2.45, 2.75) is 6.42 Å². The normalized spacial score (nSPS) is 9.94. The summed E-state index contributed by atoms with van der Waals surface area (Å²) in [6, 6.07) is 1.84. The quantitative estimate of drug-likeness (QED) is 0.553. The Morgan fingerprint density at radius 2 is 2.12 bits per heavy atom. The number of hydrogen-bond donors (Lipinski definition) is 2. The third-order valence-electron chi connectivity index (χ3n) is 2.14. The SMILES string of the molecule is CN(C)c1nccc(N(C)CCC(=N)N)n1. The first-order valence-electron chi connectivity index (χ1n) is 5.05. The number of anilines is 2. The molecule has 0 amide bonds. The fourth-order valence-electron chi connectivity index (χ4n) is 1.17. The summed E-state index contributed by atoms with van der Waals surface area (Å²) in [6.45, 7) is 0.680. The summed E-state index contributed by atoms with van der Waals surface area (Å²) >= 11 is 0. The van der Waals surface area contributed by atoms with E-state index < -0.39 is 0 Å². The Morgan fingerprint density at radius 3 is 2.69 bits per heavy atom. The molecule has 0 spiro atoms. The molecule has 0 saturated carbocycles. The average Bonchev–Trinajstić information content (AvgIpc) is 2.26. The standard InChI is InChI=1S/C10H18N6/c1-15(2)10-13-6-4-9(14-10)16(3)7-5-8(11)12/h4,6H,5,7H2,1-3H3,(H3,11,12). The van der Waals surface area contributed by atoms with E-state index in [-0.39, 0.29) is 5.84 Å². The Bertz CT molecular complexity index is 362. The highest BCUT2D eigenvalue weighted by atomic mass is 15.3. The van der Waals surface area contributed by atoms with Gasteiger partial charge in [-0.2, -0.15) is 4.98 Å². The second-order valence-electron chi connectivity index (χ2n) is 3.81. The maximum atomic E-state index is 7.17. The maximum absolute atomic E-state index is 7.17. The summed E-state index contributed by atoms with van der Waals surface area (Å²) in [4.78, 5) is 12.3. The molecule has 1 aromatic rings. The number of rotatable bonds is 5. The van der Waals surface area contributed by atoms with Crippen LogP contribution in [0.15, 0.2) is 12.3 Å². The van der Waals surface area contributed by atoms with Gasteiger partial charge in [-0.05, 0) is 6.07 Å². The average molecular weight is 222 g/mol. The van der Waals surface area contributed by atoms with Crippen molar-refractivity contribution in [3.63, 3.8) is 0 Å². The second kappa shape index (κ2) is 5.29. The number of nitrogens with two attached hydrogens (primary N) is 1. The minimum Gasteiger partial charge on any atom is -0.388 e. The van der Waals surface area contributed by atoms with Crippen molar-refractivity contribution < 1.29 is 0 Å². The van der Waals surface area contributed by atoms with Crippen LogP contribution >= 0.6 is 0 Å². The molecule has 3 N–H and O–H groups in total. The van der Waals surface area contributed by atoms with Gasteiger partial charge in [0.15, 0.2) is 0 Å². The lowest BCUT2D eigenvalue weighted by Gasteiger charge is -2.19. The van der Waals surface area contributed by atoms with E-state index in [9.17, 15) is 0 Å². The topological polar surface area (TPSA) is 82.1 Å². The number of amidine groups is 1. The number of nitrogens with zero attached hydrogens (tertiary/aromatic N) is 4. The molecule has 0 radical (unpaired) electrons. The Kier molecular flexibility index (Phi) is 4.04. The predicted molar refractivity (Wildman–Crippen MR) is 66.2 cm³/mol. The Labute approximate surface area is 95.6 Å². The molecular weight excluding hydrogens is 204 g/mol. The van der Waals surface area contributed by atoms with Gasteiger partial charge in [-0.25, -0.2) is 4.98 Å². The first-order valence-corrected chi connectivity index (χ1v) is 5.05. The van der Waals surface area contributed by atoms with Crippen molar-refractivity contribution in [1.82, 2.24) is 9.97 Å². The molecule has 0 aliphatic carbocycles.